The fourth-order valence-electron chi connectivity index (χ4n) is 1.29. The summed E-state index contributed by atoms with van der Waals surface area (Å²) in [6, 6.07) is 3.28. The third-order valence-electron chi connectivity index (χ3n) is 2.20. The average Bonchev–Trinajstić information content (AvgIpc) is 2.27. The van der Waals surface area contributed by atoms with Gasteiger partial charge in [0.05, 0.1) is 17.2 Å². The summed E-state index contributed by atoms with van der Waals surface area (Å²) >= 11 is 0. The van der Waals surface area contributed by atoms with Crippen molar-refractivity contribution in [2.24, 2.45) is 0 Å². The van der Waals surface area contributed by atoms with Gasteiger partial charge >= 0.3 is 12.1 Å². The zero-order valence-corrected chi connectivity index (χ0v) is 9.25. The van der Waals surface area contributed by atoms with Gasteiger partial charge in [0.25, 0.3) is 0 Å². The van der Waals surface area contributed by atoms with Crippen molar-refractivity contribution in [1.29, 1.82) is 5.26 Å². The van der Waals surface area contributed by atoms with Crippen LogP contribution in [-0.4, -0.2) is 17.1 Å². The molecular formula is C11H9F3N2O2. The van der Waals surface area contributed by atoms with Gasteiger partial charge in [-0.25, -0.2) is 0 Å². The van der Waals surface area contributed by atoms with Gasteiger partial charge in [-0.3, -0.25) is 4.79 Å². The molecule has 18 heavy (non-hydrogen) atoms. The number of nitriles is 1. The van der Waals surface area contributed by atoms with Crippen molar-refractivity contribution >= 4 is 11.7 Å². The maximum atomic E-state index is 12.5. The largest absolute Gasteiger partial charge is 0.480 e. The molecule has 1 aromatic carbocycles. The Hall–Kier alpha value is -2.23. The lowest BCUT2D eigenvalue weighted by Crippen LogP contribution is -2.25. The van der Waals surface area contributed by atoms with Crippen LogP contribution in [0.15, 0.2) is 18.2 Å². The third-order valence-corrected chi connectivity index (χ3v) is 2.20. The molecule has 0 saturated heterocycles. The Labute approximate surface area is 101 Å². The van der Waals surface area contributed by atoms with E-state index < -0.39 is 29.3 Å². The Morgan fingerprint density at radius 3 is 2.56 bits per heavy atom. The molecule has 0 saturated carbocycles. The lowest BCUT2D eigenvalue weighted by molar-refractivity contribution is -0.138. The van der Waals surface area contributed by atoms with Crippen LogP contribution in [-0.2, 0) is 11.0 Å². The van der Waals surface area contributed by atoms with Crippen LogP contribution in [0, 0.1) is 11.3 Å². The van der Waals surface area contributed by atoms with E-state index in [1.165, 1.54) is 13.0 Å². The van der Waals surface area contributed by atoms with Crippen LogP contribution < -0.4 is 5.32 Å². The molecule has 0 aliphatic heterocycles. The van der Waals surface area contributed by atoms with Gasteiger partial charge in [0.2, 0.25) is 0 Å². The van der Waals surface area contributed by atoms with Crippen molar-refractivity contribution in [2.75, 3.05) is 5.32 Å². The molecule has 7 heteroatoms. The van der Waals surface area contributed by atoms with Gasteiger partial charge in [0, 0.05) is 5.69 Å². The van der Waals surface area contributed by atoms with Crippen LogP contribution in [0.4, 0.5) is 18.9 Å². The zero-order valence-electron chi connectivity index (χ0n) is 9.25. The van der Waals surface area contributed by atoms with Gasteiger partial charge in [0.1, 0.15) is 6.04 Å². The predicted molar refractivity (Wildman–Crippen MR) is 56.9 cm³/mol. The van der Waals surface area contributed by atoms with Crippen LogP contribution >= 0.6 is 0 Å². The molecule has 0 spiro atoms. The first kappa shape index (κ1) is 13.8. The zero-order chi connectivity index (χ0) is 13.9. The van der Waals surface area contributed by atoms with Crippen molar-refractivity contribution in [3.8, 4) is 6.07 Å². The van der Waals surface area contributed by atoms with Gasteiger partial charge < -0.3 is 10.4 Å². The fraction of sp³-hybridized carbons (Fsp3) is 0.273. The summed E-state index contributed by atoms with van der Waals surface area (Å²) in [7, 11) is 0. The first-order chi connectivity index (χ1) is 8.25. The number of carboxylic acids is 1. The number of alkyl halides is 3. The van der Waals surface area contributed by atoms with Crippen LogP contribution in [0.3, 0.4) is 0 Å². The maximum Gasteiger partial charge on any atom is 0.417 e. The van der Waals surface area contributed by atoms with Crippen LogP contribution in [0.25, 0.3) is 0 Å². The van der Waals surface area contributed by atoms with E-state index in [0.29, 0.717) is 0 Å². The number of nitrogens with zero attached hydrogens (tertiary/aromatic N) is 1. The molecule has 0 heterocycles. The number of carboxylic acid groups (broad SMARTS) is 1. The van der Waals surface area contributed by atoms with Crippen LogP contribution in [0.2, 0.25) is 0 Å². The summed E-state index contributed by atoms with van der Waals surface area (Å²) in [5.74, 6) is -1.14. The van der Waals surface area contributed by atoms with E-state index in [9.17, 15) is 18.0 Å². The SMILES string of the molecule is CC(Nc1ccc(C(F)(F)F)c(C#N)c1)C(=O)O. The monoisotopic (exact) mass is 258 g/mol. The van der Waals surface area contributed by atoms with E-state index in [1.54, 1.807) is 0 Å². The Morgan fingerprint density at radius 2 is 2.11 bits per heavy atom. The van der Waals surface area contributed by atoms with Crippen molar-refractivity contribution in [3.05, 3.63) is 29.3 Å². The van der Waals surface area contributed by atoms with Crippen molar-refractivity contribution in [3.63, 3.8) is 0 Å². The van der Waals surface area contributed by atoms with E-state index in [-0.39, 0.29) is 5.69 Å². The number of benzene rings is 1. The molecule has 96 valence electrons. The Kier molecular flexibility index (Phi) is 3.81. The van der Waals surface area contributed by atoms with Gasteiger partial charge in [-0.05, 0) is 25.1 Å². The smallest absolute Gasteiger partial charge is 0.417 e. The molecule has 0 radical (unpaired) electrons. The van der Waals surface area contributed by atoms with Crippen molar-refractivity contribution in [1.82, 2.24) is 0 Å². The van der Waals surface area contributed by atoms with Gasteiger partial charge in [0.15, 0.2) is 0 Å². The second kappa shape index (κ2) is 4.96. The summed E-state index contributed by atoms with van der Waals surface area (Å²) in [6.07, 6.45) is -4.61. The molecule has 0 aromatic heterocycles. The summed E-state index contributed by atoms with van der Waals surface area (Å²) in [6.45, 7) is 1.34. The molecule has 0 aliphatic rings. The number of halogens is 3. The summed E-state index contributed by atoms with van der Waals surface area (Å²) in [4.78, 5) is 10.6. The number of carbonyl (C=O) groups is 1. The van der Waals surface area contributed by atoms with Gasteiger partial charge in [-0.15, -0.1) is 0 Å². The quantitative estimate of drug-likeness (QED) is 0.873. The number of rotatable bonds is 3. The average molecular weight is 258 g/mol. The van der Waals surface area contributed by atoms with E-state index in [1.807, 2.05) is 0 Å². The Morgan fingerprint density at radius 1 is 1.50 bits per heavy atom. The second-order valence-corrected chi connectivity index (χ2v) is 3.57. The highest BCUT2D eigenvalue weighted by Crippen LogP contribution is 2.33. The van der Waals surface area contributed by atoms with Gasteiger partial charge in [-0.2, -0.15) is 18.4 Å². The minimum Gasteiger partial charge on any atom is -0.480 e. The molecule has 0 fully saturated rings. The lowest BCUT2D eigenvalue weighted by atomic mass is 10.1. The minimum atomic E-state index is -4.61. The molecule has 2 N–H and O–H groups in total. The number of aliphatic carboxylic acids is 1. The predicted octanol–water partition coefficient (Wildman–Crippen LogP) is 2.46. The van der Waals surface area contributed by atoms with Crippen LogP contribution in [0.1, 0.15) is 18.1 Å². The van der Waals surface area contributed by atoms with E-state index in [4.69, 9.17) is 10.4 Å². The minimum absolute atomic E-state index is 0.148. The van der Waals surface area contributed by atoms with Crippen molar-refractivity contribution < 1.29 is 23.1 Å². The highest BCUT2D eigenvalue weighted by Gasteiger charge is 2.33. The topological polar surface area (TPSA) is 73.1 Å². The number of hydrogen-bond acceptors (Lipinski definition) is 3. The molecule has 1 rings (SSSR count). The first-order valence-corrected chi connectivity index (χ1v) is 4.86. The Bertz CT molecular complexity index is 506. The fourth-order valence-corrected chi connectivity index (χ4v) is 1.29. The molecule has 1 aromatic rings. The molecule has 0 amide bonds. The highest BCUT2D eigenvalue weighted by molar-refractivity contribution is 5.76. The first-order valence-electron chi connectivity index (χ1n) is 4.86. The summed E-state index contributed by atoms with van der Waals surface area (Å²) < 4.78 is 37.5. The summed E-state index contributed by atoms with van der Waals surface area (Å²) in [5, 5.41) is 19.8. The van der Waals surface area contributed by atoms with E-state index in [2.05, 4.69) is 5.32 Å². The van der Waals surface area contributed by atoms with Gasteiger partial charge in [-0.1, -0.05) is 0 Å². The molecule has 1 unspecified atom stereocenters. The molecule has 1 atom stereocenters. The molecular weight excluding hydrogens is 249 g/mol. The molecule has 4 nitrogen and oxygen atoms in total. The molecule has 0 bridgehead atoms. The maximum absolute atomic E-state index is 12.5. The summed E-state index contributed by atoms with van der Waals surface area (Å²) in [5.41, 5.74) is -1.45. The van der Waals surface area contributed by atoms with E-state index in [0.717, 1.165) is 18.2 Å². The van der Waals surface area contributed by atoms with Crippen LogP contribution in [0.5, 0.6) is 0 Å². The number of hydrogen-bond donors (Lipinski definition) is 2. The third kappa shape index (κ3) is 3.13. The Balaban J connectivity index is 3.08. The van der Waals surface area contributed by atoms with E-state index >= 15 is 0 Å². The second-order valence-electron chi connectivity index (χ2n) is 3.57. The normalized spacial score (nSPS) is 12.6. The number of nitrogens with one attached hydrogen (secondary N) is 1. The van der Waals surface area contributed by atoms with Crippen molar-refractivity contribution in [2.45, 2.75) is 19.1 Å². The standard InChI is InChI=1S/C11H9F3N2O2/c1-6(10(17)18)16-8-2-3-9(11(12,13)14)7(4-8)5-15/h2-4,6,16H,1H3,(H,17,18). The number of anilines is 1. The molecule has 0 aliphatic carbocycles. The highest BCUT2D eigenvalue weighted by atomic mass is 19.4. The lowest BCUT2D eigenvalue weighted by Gasteiger charge is -2.13.